The van der Waals surface area contributed by atoms with Crippen molar-refractivity contribution in [2.45, 2.75) is 46.6 Å². The van der Waals surface area contributed by atoms with Crippen LogP contribution in [-0.4, -0.2) is 36.0 Å². The summed E-state index contributed by atoms with van der Waals surface area (Å²) in [5, 5.41) is 2.76. The molecule has 1 aliphatic heterocycles. The maximum atomic E-state index is 12.2. The zero-order chi connectivity index (χ0) is 17.0. The summed E-state index contributed by atoms with van der Waals surface area (Å²) in [4.78, 5) is 25.4. The average Bonchev–Trinajstić information content (AvgIpc) is 2.68. The van der Waals surface area contributed by atoms with Gasteiger partial charge in [-0.2, -0.15) is 0 Å². The van der Waals surface area contributed by atoms with Gasteiger partial charge in [0.2, 0.25) is 0 Å². The number of benzene rings is 1. The maximum absolute atomic E-state index is 12.2. The number of ether oxygens (including phenoxy) is 1. The topological polar surface area (TPSA) is 58.6 Å². The highest BCUT2D eigenvalue weighted by molar-refractivity contribution is 6.04. The maximum Gasteiger partial charge on any atom is 0.324 e. The van der Waals surface area contributed by atoms with Crippen LogP contribution in [0.15, 0.2) is 18.2 Å². The summed E-state index contributed by atoms with van der Waals surface area (Å²) in [6.45, 7) is 9.02. The second kappa shape index (κ2) is 7.49. The molecule has 2 rings (SSSR count). The summed E-state index contributed by atoms with van der Waals surface area (Å²) in [5.41, 5.74) is 2.32. The van der Waals surface area contributed by atoms with Crippen molar-refractivity contribution in [1.29, 1.82) is 0 Å². The second-order valence-electron chi connectivity index (χ2n) is 6.65. The first-order valence-corrected chi connectivity index (χ1v) is 8.20. The molecule has 1 N–H and O–H groups in total. The molecule has 1 aromatic carbocycles. The predicted molar refractivity (Wildman–Crippen MR) is 89.5 cm³/mol. The Kier molecular flexibility index (Phi) is 5.64. The molecule has 0 spiro atoms. The first kappa shape index (κ1) is 17.3. The van der Waals surface area contributed by atoms with Crippen LogP contribution in [0.5, 0.6) is 5.75 Å². The van der Waals surface area contributed by atoms with E-state index < -0.39 is 0 Å². The molecule has 5 nitrogen and oxygen atoms in total. The zero-order valence-corrected chi connectivity index (χ0v) is 14.4. The van der Waals surface area contributed by atoms with E-state index in [0.717, 1.165) is 16.9 Å². The van der Waals surface area contributed by atoms with Gasteiger partial charge in [-0.3, -0.25) is 9.69 Å². The van der Waals surface area contributed by atoms with Crippen molar-refractivity contribution in [3.8, 4) is 5.75 Å². The fraction of sp³-hybridized carbons (Fsp3) is 0.556. The molecule has 0 aromatic heterocycles. The molecule has 1 saturated heterocycles. The number of urea groups is 1. The number of imide groups is 1. The third-order valence-electron chi connectivity index (χ3n) is 3.80. The highest BCUT2D eigenvalue weighted by Gasteiger charge is 2.37. The van der Waals surface area contributed by atoms with Gasteiger partial charge in [0, 0.05) is 6.54 Å². The molecule has 1 aliphatic rings. The molecule has 1 atom stereocenters. The number of hydrogen-bond acceptors (Lipinski definition) is 3. The molecule has 1 fully saturated rings. The number of hydrogen-bond donors (Lipinski definition) is 1. The molecule has 1 unspecified atom stereocenters. The number of aryl methyl sites for hydroxylation is 2. The van der Waals surface area contributed by atoms with Crippen molar-refractivity contribution in [3.63, 3.8) is 0 Å². The molecule has 0 saturated carbocycles. The van der Waals surface area contributed by atoms with Gasteiger partial charge in [0.1, 0.15) is 11.8 Å². The molecule has 5 heteroatoms. The van der Waals surface area contributed by atoms with Gasteiger partial charge in [-0.15, -0.1) is 0 Å². The van der Waals surface area contributed by atoms with Gasteiger partial charge in [-0.25, -0.2) is 4.79 Å². The van der Waals surface area contributed by atoms with Crippen LogP contribution < -0.4 is 10.1 Å². The van der Waals surface area contributed by atoms with Gasteiger partial charge in [0.25, 0.3) is 5.91 Å². The number of nitrogens with zero attached hydrogens (tertiary/aromatic N) is 1. The van der Waals surface area contributed by atoms with Crippen LogP contribution in [-0.2, 0) is 4.79 Å². The van der Waals surface area contributed by atoms with Crippen LogP contribution in [0.3, 0.4) is 0 Å². The van der Waals surface area contributed by atoms with Crippen molar-refractivity contribution in [2.75, 3.05) is 13.2 Å². The van der Waals surface area contributed by atoms with Crippen molar-refractivity contribution in [1.82, 2.24) is 10.2 Å². The predicted octanol–water partition coefficient (Wildman–Crippen LogP) is 3.04. The van der Waals surface area contributed by atoms with Crippen LogP contribution in [0.25, 0.3) is 0 Å². The lowest BCUT2D eigenvalue weighted by Crippen LogP contribution is -2.33. The number of carbonyl (C=O) groups is 2. The SMILES string of the molecule is Cc1cc(C)cc(OCCCN2C(=O)NC(CC(C)C)C2=O)c1. The Labute approximate surface area is 138 Å². The Morgan fingerprint density at radius 2 is 1.83 bits per heavy atom. The third kappa shape index (κ3) is 4.71. The summed E-state index contributed by atoms with van der Waals surface area (Å²) in [7, 11) is 0. The highest BCUT2D eigenvalue weighted by Crippen LogP contribution is 2.17. The fourth-order valence-corrected chi connectivity index (χ4v) is 2.85. The fourth-order valence-electron chi connectivity index (χ4n) is 2.85. The Balaban J connectivity index is 1.79. The van der Waals surface area contributed by atoms with E-state index in [1.165, 1.54) is 4.90 Å². The molecule has 3 amide bonds. The molecular weight excluding hydrogens is 292 g/mol. The molecule has 0 bridgehead atoms. The Morgan fingerprint density at radius 1 is 1.17 bits per heavy atom. The Bertz CT molecular complexity index is 563. The zero-order valence-electron chi connectivity index (χ0n) is 14.4. The van der Waals surface area contributed by atoms with Gasteiger partial charge in [-0.1, -0.05) is 19.9 Å². The molecule has 1 heterocycles. The van der Waals surface area contributed by atoms with Gasteiger partial charge < -0.3 is 10.1 Å². The van der Waals surface area contributed by atoms with Crippen LogP contribution in [0.4, 0.5) is 4.79 Å². The summed E-state index contributed by atoms with van der Waals surface area (Å²) >= 11 is 0. The van der Waals surface area contributed by atoms with E-state index in [1.54, 1.807) is 0 Å². The molecule has 126 valence electrons. The molecule has 0 aliphatic carbocycles. The van der Waals surface area contributed by atoms with Gasteiger partial charge >= 0.3 is 6.03 Å². The van der Waals surface area contributed by atoms with E-state index in [0.29, 0.717) is 31.9 Å². The molecule has 1 aromatic rings. The first-order chi connectivity index (χ1) is 10.9. The average molecular weight is 318 g/mol. The van der Waals surface area contributed by atoms with Crippen LogP contribution in [0.1, 0.15) is 37.8 Å². The van der Waals surface area contributed by atoms with Gasteiger partial charge in [0.15, 0.2) is 0 Å². The minimum atomic E-state index is -0.372. The Morgan fingerprint density at radius 3 is 2.43 bits per heavy atom. The standard InChI is InChI=1S/C18H26N2O3/c1-12(2)8-16-17(21)20(18(22)19-16)6-5-7-23-15-10-13(3)9-14(4)11-15/h9-12,16H,5-8H2,1-4H3,(H,19,22). The van der Waals surface area contributed by atoms with Crippen molar-refractivity contribution >= 4 is 11.9 Å². The van der Waals surface area contributed by atoms with Crippen LogP contribution in [0, 0.1) is 19.8 Å². The quantitative estimate of drug-likeness (QED) is 0.621. The lowest BCUT2D eigenvalue weighted by atomic mass is 10.0. The lowest BCUT2D eigenvalue weighted by molar-refractivity contribution is -0.127. The molecule has 23 heavy (non-hydrogen) atoms. The van der Waals surface area contributed by atoms with Crippen molar-refractivity contribution < 1.29 is 14.3 Å². The minimum absolute atomic E-state index is 0.116. The van der Waals surface area contributed by atoms with Gasteiger partial charge in [0.05, 0.1) is 6.61 Å². The largest absolute Gasteiger partial charge is 0.494 e. The van der Waals surface area contributed by atoms with Crippen LogP contribution >= 0.6 is 0 Å². The van der Waals surface area contributed by atoms with E-state index in [2.05, 4.69) is 11.4 Å². The first-order valence-electron chi connectivity index (χ1n) is 8.20. The number of rotatable bonds is 7. The third-order valence-corrected chi connectivity index (χ3v) is 3.80. The molecular formula is C18H26N2O3. The van der Waals surface area contributed by atoms with E-state index in [1.807, 2.05) is 39.8 Å². The van der Waals surface area contributed by atoms with Crippen molar-refractivity contribution in [2.24, 2.45) is 5.92 Å². The number of amides is 3. The van der Waals surface area contributed by atoms with Gasteiger partial charge in [-0.05, 0) is 55.9 Å². The summed E-state index contributed by atoms with van der Waals surface area (Å²) in [5.74, 6) is 1.09. The minimum Gasteiger partial charge on any atom is -0.494 e. The van der Waals surface area contributed by atoms with E-state index in [9.17, 15) is 9.59 Å². The normalized spacial score (nSPS) is 17.8. The number of nitrogens with one attached hydrogen (secondary N) is 1. The summed E-state index contributed by atoms with van der Waals surface area (Å²) < 4.78 is 5.72. The van der Waals surface area contributed by atoms with E-state index in [-0.39, 0.29) is 18.0 Å². The Hall–Kier alpha value is -2.04. The lowest BCUT2D eigenvalue weighted by Gasteiger charge is -2.14. The summed E-state index contributed by atoms with van der Waals surface area (Å²) in [6, 6.07) is 5.41. The smallest absolute Gasteiger partial charge is 0.324 e. The molecule has 0 radical (unpaired) electrons. The second-order valence-corrected chi connectivity index (χ2v) is 6.65. The van der Waals surface area contributed by atoms with Crippen molar-refractivity contribution in [3.05, 3.63) is 29.3 Å². The highest BCUT2D eigenvalue weighted by atomic mass is 16.5. The monoisotopic (exact) mass is 318 g/mol. The van der Waals surface area contributed by atoms with E-state index in [4.69, 9.17) is 4.74 Å². The van der Waals surface area contributed by atoms with Crippen LogP contribution in [0.2, 0.25) is 0 Å². The number of carbonyl (C=O) groups excluding carboxylic acids is 2. The summed E-state index contributed by atoms with van der Waals surface area (Å²) in [6.07, 6.45) is 1.31. The van der Waals surface area contributed by atoms with E-state index >= 15 is 0 Å².